The highest BCUT2D eigenvalue weighted by atomic mass is 79.9. The Labute approximate surface area is 144 Å². The van der Waals surface area contributed by atoms with Crippen LogP contribution in [0.3, 0.4) is 0 Å². The van der Waals surface area contributed by atoms with Gasteiger partial charge in [-0.15, -0.1) is 0 Å². The van der Waals surface area contributed by atoms with E-state index in [0.717, 1.165) is 22.2 Å². The lowest BCUT2D eigenvalue weighted by molar-refractivity contribution is -0.137. The standard InChI is InChI=1S/C17H12BrF3N2O/c1-2-9-6-11(18)8-13-14(9)23-16(24)15(13)22-12-5-3-4-10(7-12)17(19,20)21/h3-8H,2H2,1H3,(H,22,23,24). The van der Waals surface area contributed by atoms with Crippen molar-refractivity contribution in [2.24, 2.45) is 4.99 Å². The number of hydrogen-bond acceptors (Lipinski definition) is 2. The third kappa shape index (κ3) is 3.08. The number of hydrogen-bond donors (Lipinski definition) is 1. The van der Waals surface area contributed by atoms with Gasteiger partial charge in [-0.05, 0) is 42.3 Å². The fraction of sp³-hybridized carbons (Fsp3) is 0.176. The van der Waals surface area contributed by atoms with Gasteiger partial charge in [0.25, 0.3) is 5.91 Å². The number of carbonyl (C=O) groups excluding carboxylic acids is 1. The molecule has 0 unspecified atom stereocenters. The van der Waals surface area contributed by atoms with Crippen LogP contribution in [0, 0.1) is 0 Å². The zero-order chi connectivity index (χ0) is 17.5. The number of benzene rings is 2. The fourth-order valence-corrected chi connectivity index (χ4v) is 3.07. The Kier molecular flexibility index (Phi) is 4.21. The molecule has 1 aliphatic heterocycles. The van der Waals surface area contributed by atoms with Gasteiger partial charge in [0.15, 0.2) is 0 Å². The van der Waals surface area contributed by atoms with Gasteiger partial charge < -0.3 is 5.32 Å². The first-order valence-corrected chi connectivity index (χ1v) is 7.99. The molecule has 0 atom stereocenters. The van der Waals surface area contributed by atoms with E-state index in [4.69, 9.17) is 0 Å². The summed E-state index contributed by atoms with van der Waals surface area (Å²) in [5, 5.41) is 2.75. The Morgan fingerprint density at radius 3 is 2.62 bits per heavy atom. The zero-order valence-electron chi connectivity index (χ0n) is 12.5. The van der Waals surface area contributed by atoms with Crippen LogP contribution in [0.25, 0.3) is 0 Å². The number of nitrogens with zero attached hydrogens (tertiary/aromatic N) is 1. The van der Waals surface area contributed by atoms with Crippen molar-refractivity contribution < 1.29 is 18.0 Å². The van der Waals surface area contributed by atoms with Crippen LogP contribution in [0.2, 0.25) is 0 Å². The van der Waals surface area contributed by atoms with E-state index in [0.29, 0.717) is 17.7 Å². The number of carbonyl (C=O) groups is 1. The van der Waals surface area contributed by atoms with Crippen molar-refractivity contribution in [2.45, 2.75) is 19.5 Å². The zero-order valence-corrected chi connectivity index (χ0v) is 14.1. The molecule has 1 aliphatic rings. The van der Waals surface area contributed by atoms with Gasteiger partial charge in [-0.2, -0.15) is 13.2 Å². The first-order chi connectivity index (χ1) is 11.3. The quantitative estimate of drug-likeness (QED) is 0.753. The van der Waals surface area contributed by atoms with Crippen molar-refractivity contribution in [1.82, 2.24) is 0 Å². The number of alkyl halides is 3. The number of aliphatic imine (C=N–C) groups is 1. The van der Waals surface area contributed by atoms with E-state index in [-0.39, 0.29) is 11.4 Å². The molecular weight excluding hydrogens is 385 g/mol. The molecule has 0 saturated heterocycles. The monoisotopic (exact) mass is 396 g/mol. The first kappa shape index (κ1) is 16.7. The van der Waals surface area contributed by atoms with E-state index in [1.165, 1.54) is 12.1 Å². The van der Waals surface area contributed by atoms with Gasteiger partial charge >= 0.3 is 6.18 Å². The van der Waals surface area contributed by atoms with Gasteiger partial charge in [-0.1, -0.05) is 28.9 Å². The maximum atomic E-state index is 12.8. The normalized spacial score (nSPS) is 15.5. The third-order valence-corrected chi connectivity index (χ3v) is 4.15. The average Bonchev–Trinajstić information content (AvgIpc) is 2.82. The molecule has 2 aromatic rings. The molecule has 3 nitrogen and oxygen atoms in total. The van der Waals surface area contributed by atoms with E-state index in [1.807, 2.05) is 13.0 Å². The fourth-order valence-electron chi connectivity index (χ4n) is 2.56. The van der Waals surface area contributed by atoms with Crippen LogP contribution >= 0.6 is 15.9 Å². The van der Waals surface area contributed by atoms with E-state index in [2.05, 4.69) is 26.2 Å². The highest BCUT2D eigenvalue weighted by molar-refractivity contribution is 9.10. The molecule has 3 rings (SSSR count). The molecule has 24 heavy (non-hydrogen) atoms. The Bertz CT molecular complexity index is 859. The predicted octanol–water partition coefficient (Wildman–Crippen LogP) is 5.10. The molecule has 124 valence electrons. The Morgan fingerprint density at radius 1 is 1.21 bits per heavy atom. The molecular formula is C17H12BrF3N2O. The summed E-state index contributed by atoms with van der Waals surface area (Å²) in [7, 11) is 0. The van der Waals surface area contributed by atoms with Crippen molar-refractivity contribution in [3.63, 3.8) is 0 Å². The van der Waals surface area contributed by atoms with Crippen LogP contribution < -0.4 is 5.32 Å². The topological polar surface area (TPSA) is 41.5 Å². The molecule has 1 heterocycles. The molecule has 7 heteroatoms. The average molecular weight is 397 g/mol. The molecule has 0 aromatic heterocycles. The minimum absolute atomic E-state index is 0.0841. The Morgan fingerprint density at radius 2 is 1.96 bits per heavy atom. The summed E-state index contributed by atoms with van der Waals surface area (Å²) in [5.74, 6) is -0.421. The van der Waals surface area contributed by atoms with Crippen LogP contribution in [0.4, 0.5) is 24.5 Å². The second-order valence-electron chi connectivity index (χ2n) is 5.30. The van der Waals surface area contributed by atoms with Crippen molar-refractivity contribution >= 4 is 38.9 Å². The second kappa shape index (κ2) is 6.05. The number of anilines is 1. The highest BCUT2D eigenvalue weighted by Gasteiger charge is 2.31. The van der Waals surface area contributed by atoms with Gasteiger partial charge in [0.1, 0.15) is 5.71 Å². The summed E-state index contributed by atoms with van der Waals surface area (Å²) >= 11 is 3.38. The molecule has 0 saturated carbocycles. The van der Waals surface area contributed by atoms with Gasteiger partial charge in [0, 0.05) is 10.0 Å². The van der Waals surface area contributed by atoms with Crippen LogP contribution in [0.5, 0.6) is 0 Å². The van der Waals surface area contributed by atoms with E-state index < -0.39 is 17.6 Å². The smallest absolute Gasteiger partial charge is 0.320 e. The summed E-state index contributed by atoms with van der Waals surface area (Å²) < 4.78 is 39.2. The molecule has 0 fully saturated rings. The number of nitrogens with one attached hydrogen (secondary N) is 1. The molecule has 1 N–H and O–H groups in total. The third-order valence-electron chi connectivity index (χ3n) is 3.69. The number of amides is 1. The van der Waals surface area contributed by atoms with Crippen LogP contribution in [-0.4, -0.2) is 11.6 Å². The van der Waals surface area contributed by atoms with Crippen molar-refractivity contribution in [3.05, 3.63) is 57.6 Å². The number of halogens is 4. The van der Waals surface area contributed by atoms with Crippen LogP contribution in [-0.2, 0) is 17.4 Å². The van der Waals surface area contributed by atoms with E-state index in [9.17, 15) is 18.0 Å². The SMILES string of the molecule is CCc1cc(Br)cc2c1NC(=O)C2=Nc1cccc(C(F)(F)F)c1. The summed E-state index contributed by atoms with van der Waals surface area (Å²) in [4.78, 5) is 16.4. The van der Waals surface area contributed by atoms with Crippen molar-refractivity contribution in [2.75, 3.05) is 5.32 Å². The number of rotatable bonds is 2. The van der Waals surface area contributed by atoms with Gasteiger partial charge in [0.05, 0.1) is 16.9 Å². The van der Waals surface area contributed by atoms with Crippen LogP contribution in [0.1, 0.15) is 23.6 Å². The van der Waals surface area contributed by atoms with Crippen LogP contribution in [0.15, 0.2) is 45.9 Å². The summed E-state index contributed by atoms with van der Waals surface area (Å²) in [6, 6.07) is 8.24. The summed E-state index contributed by atoms with van der Waals surface area (Å²) in [5.41, 5.74) is 1.58. The second-order valence-corrected chi connectivity index (χ2v) is 6.22. The minimum Gasteiger partial charge on any atom is -0.320 e. The number of aryl methyl sites for hydroxylation is 1. The lowest BCUT2D eigenvalue weighted by atomic mass is 10.0. The summed E-state index contributed by atoms with van der Waals surface area (Å²) in [6.07, 6.45) is -3.75. The predicted molar refractivity (Wildman–Crippen MR) is 89.8 cm³/mol. The van der Waals surface area contributed by atoms with E-state index in [1.54, 1.807) is 6.07 Å². The molecule has 1 amide bonds. The lowest BCUT2D eigenvalue weighted by Crippen LogP contribution is -2.14. The van der Waals surface area contributed by atoms with Crippen molar-refractivity contribution in [1.29, 1.82) is 0 Å². The van der Waals surface area contributed by atoms with Gasteiger partial charge in [-0.3, -0.25) is 4.79 Å². The number of fused-ring (bicyclic) bond motifs is 1. The maximum absolute atomic E-state index is 12.8. The summed E-state index contributed by atoms with van der Waals surface area (Å²) in [6.45, 7) is 1.95. The Balaban J connectivity index is 2.11. The van der Waals surface area contributed by atoms with E-state index >= 15 is 0 Å². The largest absolute Gasteiger partial charge is 0.416 e. The molecule has 2 aromatic carbocycles. The molecule has 0 aliphatic carbocycles. The Hall–Kier alpha value is -2.15. The molecule has 0 radical (unpaired) electrons. The first-order valence-electron chi connectivity index (χ1n) is 7.19. The van der Waals surface area contributed by atoms with Crippen molar-refractivity contribution in [3.8, 4) is 0 Å². The van der Waals surface area contributed by atoms with Gasteiger partial charge in [-0.25, -0.2) is 4.99 Å². The maximum Gasteiger partial charge on any atom is 0.416 e. The molecule has 0 bridgehead atoms. The molecule has 0 spiro atoms. The van der Waals surface area contributed by atoms with Gasteiger partial charge in [0.2, 0.25) is 0 Å². The lowest BCUT2D eigenvalue weighted by Gasteiger charge is -2.07. The highest BCUT2D eigenvalue weighted by Crippen LogP contribution is 2.34. The minimum atomic E-state index is -4.45.